The molecule has 2 aromatic carbocycles. The lowest BCUT2D eigenvalue weighted by Crippen LogP contribution is -1.99. The molecular formula is C18H21FO2. The lowest BCUT2D eigenvalue weighted by atomic mass is 9.95. The number of hydrogen-bond donors (Lipinski definition) is 1. The highest BCUT2D eigenvalue weighted by atomic mass is 19.1. The van der Waals surface area contributed by atoms with Crippen LogP contribution in [0.3, 0.4) is 0 Å². The number of rotatable bonds is 5. The number of ether oxygens (including phenoxy) is 1. The normalized spacial score (nSPS) is 10.7. The first kappa shape index (κ1) is 15.4. The molecule has 0 saturated carbocycles. The second-order valence-electron chi connectivity index (χ2n) is 5.05. The molecule has 0 aliphatic carbocycles. The van der Waals surface area contributed by atoms with E-state index in [4.69, 9.17) is 4.74 Å². The molecule has 0 spiro atoms. The highest BCUT2D eigenvalue weighted by molar-refractivity contribution is 5.48. The number of aromatic hydroxyl groups is 1. The number of benzene rings is 2. The lowest BCUT2D eigenvalue weighted by Gasteiger charge is -2.13. The van der Waals surface area contributed by atoms with Gasteiger partial charge in [-0.2, -0.15) is 0 Å². The Bertz CT molecular complexity index is 635. The number of halogens is 1. The van der Waals surface area contributed by atoms with E-state index in [1.807, 2.05) is 19.1 Å². The van der Waals surface area contributed by atoms with Gasteiger partial charge in [0.2, 0.25) is 0 Å². The van der Waals surface area contributed by atoms with Crippen LogP contribution >= 0.6 is 0 Å². The molecule has 0 atom stereocenters. The van der Waals surface area contributed by atoms with Gasteiger partial charge in [-0.25, -0.2) is 4.39 Å². The Labute approximate surface area is 125 Å². The number of phenols is 1. The molecule has 21 heavy (non-hydrogen) atoms. The molecule has 0 aliphatic rings. The van der Waals surface area contributed by atoms with E-state index in [1.165, 1.54) is 13.2 Å². The molecule has 112 valence electrons. The van der Waals surface area contributed by atoms with Crippen LogP contribution in [0.15, 0.2) is 30.3 Å². The number of phenolic OH excluding ortho intramolecular Hbond substituents is 1. The van der Waals surface area contributed by atoms with Crippen molar-refractivity contribution < 1.29 is 14.2 Å². The Morgan fingerprint density at radius 3 is 2.24 bits per heavy atom. The molecule has 0 radical (unpaired) electrons. The van der Waals surface area contributed by atoms with E-state index in [2.05, 4.69) is 6.92 Å². The average molecular weight is 288 g/mol. The fourth-order valence-corrected chi connectivity index (χ4v) is 2.60. The van der Waals surface area contributed by atoms with Crippen LogP contribution in [0.5, 0.6) is 11.5 Å². The van der Waals surface area contributed by atoms with Crippen LogP contribution in [0.1, 0.15) is 36.1 Å². The van der Waals surface area contributed by atoms with Gasteiger partial charge in [0, 0.05) is 12.5 Å². The summed E-state index contributed by atoms with van der Waals surface area (Å²) in [5.74, 6) is 0.481. The van der Waals surface area contributed by atoms with E-state index >= 15 is 0 Å². The van der Waals surface area contributed by atoms with Crippen LogP contribution in [0.4, 0.5) is 4.39 Å². The number of aryl methyl sites for hydroxylation is 1. The zero-order valence-corrected chi connectivity index (χ0v) is 12.7. The van der Waals surface area contributed by atoms with E-state index in [0.717, 1.165) is 29.5 Å². The average Bonchev–Trinajstić information content (AvgIpc) is 2.50. The Hall–Kier alpha value is -2.03. The van der Waals surface area contributed by atoms with Gasteiger partial charge >= 0.3 is 0 Å². The van der Waals surface area contributed by atoms with E-state index in [9.17, 15) is 9.50 Å². The molecule has 0 aromatic heterocycles. The molecule has 0 saturated heterocycles. The van der Waals surface area contributed by atoms with E-state index in [0.29, 0.717) is 23.5 Å². The van der Waals surface area contributed by atoms with Crippen LogP contribution in [0, 0.1) is 5.82 Å². The summed E-state index contributed by atoms with van der Waals surface area (Å²) in [6.45, 7) is 4.09. The predicted molar refractivity (Wildman–Crippen MR) is 82.6 cm³/mol. The molecule has 1 N–H and O–H groups in total. The Balaban J connectivity index is 2.36. The van der Waals surface area contributed by atoms with Gasteiger partial charge in [0.15, 0.2) is 0 Å². The molecule has 0 fully saturated rings. The van der Waals surface area contributed by atoms with Crippen molar-refractivity contribution in [2.75, 3.05) is 7.11 Å². The second kappa shape index (κ2) is 6.61. The molecule has 2 rings (SSSR count). The molecule has 0 aliphatic heterocycles. The first-order valence-electron chi connectivity index (χ1n) is 7.25. The first-order valence-corrected chi connectivity index (χ1v) is 7.25. The lowest BCUT2D eigenvalue weighted by molar-refractivity contribution is 0.410. The fourth-order valence-electron chi connectivity index (χ4n) is 2.60. The molecule has 3 heteroatoms. The molecule has 2 aromatic rings. The molecule has 0 heterocycles. The summed E-state index contributed by atoms with van der Waals surface area (Å²) in [6.07, 6.45) is 2.03. The van der Waals surface area contributed by atoms with Crippen molar-refractivity contribution in [2.45, 2.75) is 33.1 Å². The van der Waals surface area contributed by atoms with Gasteiger partial charge in [0.05, 0.1) is 7.11 Å². The molecule has 2 nitrogen and oxygen atoms in total. The van der Waals surface area contributed by atoms with E-state index in [1.54, 1.807) is 12.1 Å². The predicted octanol–water partition coefficient (Wildman–Crippen LogP) is 4.26. The third-order valence-corrected chi connectivity index (χ3v) is 3.84. The SMILES string of the molecule is CCc1ccc(Cc2ccc(OC)cc2F)c(O)c1CC. The molecule has 0 bridgehead atoms. The summed E-state index contributed by atoms with van der Waals surface area (Å²) < 4.78 is 19.0. The maximum atomic E-state index is 14.0. The highest BCUT2D eigenvalue weighted by Crippen LogP contribution is 2.30. The van der Waals surface area contributed by atoms with Gasteiger partial charge in [-0.3, -0.25) is 0 Å². The number of methoxy groups -OCH3 is 1. The summed E-state index contributed by atoms with van der Waals surface area (Å²) >= 11 is 0. The summed E-state index contributed by atoms with van der Waals surface area (Å²) in [7, 11) is 1.51. The molecule has 0 unspecified atom stereocenters. The maximum Gasteiger partial charge on any atom is 0.130 e. The van der Waals surface area contributed by atoms with Gasteiger partial charge in [-0.15, -0.1) is 0 Å². The van der Waals surface area contributed by atoms with E-state index < -0.39 is 0 Å². The van der Waals surface area contributed by atoms with Crippen molar-refractivity contribution in [2.24, 2.45) is 0 Å². The van der Waals surface area contributed by atoms with Crippen molar-refractivity contribution in [3.63, 3.8) is 0 Å². The van der Waals surface area contributed by atoms with Gasteiger partial charge in [0.1, 0.15) is 17.3 Å². The van der Waals surface area contributed by atoms with Crippen LogP contribution < -0.4 is 4.74 Å². The van der Waals surface area contributed by atoms with Crippen molar-refractivity contribution >= 4 is 0 Å². The molecule has 0 amide bonds. The smallest absolute Gasteiger partial charge is 0.130 e. The zero-order chi connectivity index (χ0) is 15.4. The summed E-state index contributed by atoms with van der Waals surface area (Å²) in [6, 6.07) is 8.71. The van der Waals surface area contributed by atoms with Crippen molar-refractivity contribution in [1.82, 2.24) is 0 Å². The maximum absolute atomic E-state index is 14.0. The first-order chi connectivity index (χ1) is 10.1. The Kier molecular flexibility index (Phi) is 4.84. The van der Waals surface area contributed by atoms with Gasteiger partial charge < -0.3 is 9.84 Å². The van der Waals surface area contributed by atoms with Crippen molar-refractivity contribution in [1.29, 1.82) is 0 Å². The minimum absolute atomic E-state index is 0.298. The number of hydrogen-bond acceptors (Lipinski definition) is 2. The second-order valence-corrected chi connectivity index (χ2v) is 5.05. The topological polar surface area (TPSA) is 29.5 Å². The summed E-state index contributed by atoms with van der Waals surface area (Å²) in [5, 5.41) is 10.4. The minimum Gasteiger partial charge on any atom is -0.507 e. The standard InChI is InChI=1S/C18H21FO2/c1-4-12-6-7-14(18(20)16(12)5-2)10-13-8-9-15(21-3)11-17(13)19/h6-9,11,20H,4-5,10H2,1-3H3. The summed E-state index contributed by atoms with van der Waals surface area (Å²) in [5.41, 5.74) is 3.42. The van der Waals surface area contributed by atoms with Gasteiger partial charge in [-0.05, 0) is 41.2 Å². The zero-order valence-electron chi connectivity index (χ0n) is 12.7. The van der Waals surface area contributed by atoms with Gasteiger partial charge in [-0.1, -0.05) is 32.0 Å². The van der Waals surface area contributed by atoms with Crippen LogP contribution in [0.2, 0.25) is 0 Å². The van der Waals surface area contributed by atoms with Crippen molar-refractivity contribution in [3.05, 3.63) is 58.4 Å². The van der Waals surface area contributed by atoms with Gasteiger partial charge in [0.25, 0.3) is 0 Å². The highest BCUT2D eigenvalue weighted by Gasteiger charge is 2.13. The molecular weight excluding hydrogens is 267 g/mol. The third kappa shape index (κ3) is 3.18. The minimum atomic E-state index is -0.314. The van der Waals surface area contributed by atoms with Crippen LogP contribution in [-0.2, 0) is 19.3 Å². The quantitative estimate of drug-likeness (QED) is 0.891. The van der Waals surface area contributed by atoms with Crippen LogP contribution in [-0.4, -0.2) is 12.2 Å². The Morgan fingerprint density at radius 2 is 1.67 bits per heavy atom. The largest absolute Gasteiger partial charge is 0.507 e. The summed E-state index contributed by atoms with van der Waals surface area (Å²) in [4.78, 5) is 0. The van der Waals surface area contributed by atoms with E-state index in [-0.39, 0.29) is 5.82 Å². The Morgan fingerprint density at radius 1 is 1.00 bits per heavy atom. The third-order valence-electron chi connectivity index (χ3n) is 3.84. The van der Waals surface area contributed by atoms with Crippen LogP contribution in [0.25, 0.3) is 0 Å². The van der Waals surface area contributed by atoms with Crippen molar-refractivity contribution in [3.8, 4) is 11.5 Å². The monoisotopic (exact) mass is 288 g/mol. The fraction of sp³-hybridized carbons (Fsp3) is 0.333.